The normalized spacial score (nSPS) is 15.0. The quantitative estimate of drug-likeness (QED) is 0.279. The van der Waals surface area contributed by atoms with Crippen LogP contribution >= 0.6 is 0 Å². The minimum atomic E-state index is -5.14. The zero-order valence-corrected chi connectivity index (χ0v) is 23.8. The van der Waals surface area contributed by atoms with E-state index in [9.17, 15) is 9.59 Å². The first-order valence-corrected chi connectivity index (χ1v) is 16.0. The number of hydrogen-bond acceptors (Lipinski definition) is 2. The zero-order chi connectivity index (χ0) is 28.5. The molecule has 204 valence electrons. The van der Waals surface area contributed by atoms with Gasteiger partial charge in [0.1, 0.15) is 0 Å². The fourth-order valence-corrected chi connectivity index (χ4v) is 14.6. The summed E-state index contributed by atoms with van der Waals surface area (Å²) in [4.78, 5) is 24.4. The summed E-state index contributed by atoms with van der Waals surface area (Å²) in [6.07, 6.45) is 7.87. The van der Waals surface area contributed by atoms with Gasteiger partial charge in [0.05, 0.1) is 0 Å². The van der Waals surface area contributed by atoms with E-state index in [-0.39, 0.29) is 37.1 Å². The van der Waals surface area contributed by atoms with Gasteiger partial charge in [-0.1, -0.05) is 0 Å². The van der Waals surface area contributed by atoms with Crippen LogP contribution in [0.5, 0.6) is 0 Å². The second kappa shape index (κ2) is 11.5. The number of hydrogen-bond donors (Lipinski definition) is 2. The molecule has 2 amide bonds. The fraction of sp³-hybridized carbons (Fsp3) is 0.267. The summed E-state index contributed by atoms with van der Waals surface area (Å²) in [5.41, 5.74) is 0.868. The van der Waals surface area contributed by atoms with Gasteiger partial charge in [-0.25, -0.2) is 0 Å². The van der Waals surface area contributed by atoms with Crippen molar-refractivity contribution in [3.63, 3.8) is 0 Å². The molecule has 4 rings (SSSR count). The third-order valence-electron chi connectivity index (χ3n) is 7.36. The number of amides is 2. The number of nitrogens with one attached hydrogen (secondary N) is 2. The number of allylic oxidation sites excluding steroid dienone is 8. The zero-order valence-electron chi connectivity index (χ0n) is 22.3. The Morgan fingerprint density at radius 2 is 1.10 bits per heavy atom. The van der Waals surface area contributed by atoms with E-state index in [1.54, 1.807) is 39.8 Å². The summed E-state index contributed by atoms with van der Waals surface area (Å²) < 4.78 is 65.8. The molecular weight excluding hydrogens is 544 g/mol. The van der Waals surface area contributed by atoms with E-state index >= 15 is 17.6 Å². The maximum absolute atomic E-state index is 16.6. The maximum atomic E-state index is 16.6. The van der Waals surface area contributed by atoms with E-state index in [4.69, 9.17) is 0 Å². The van der Waals surface area contributed by atoms with E-state index in [1.807, 2.05) is 12.2 Å². The molecule has 9 heteroatoms. The van der Waals surface area contributed by atoms with Crippen molar-refractivity contribution in [3.8, 4) is 0 Å². The third-order valence-corrected chi connectivity index (χ3v) is 15.8. The van der Waals surface area contributed by atoms with Crippen molar-refractivity contribution in [2.45, 2.75) is 53.4 Å². The first kappa shape index (κ1) is 28.8. The summed E-state index contributed by atoms with van der Waals surface area (Å²) in [6, 6.07) is 4.33. The molecule has 0 bridgehead atoms. The Bertz CT molecular complexity index is 1380. The van der Waals surface area contributed by atoms with Crippen LogP contribution in [0.2, 0.25) is 0 Å². The molecule has 2 aromatic rings. The van der Waals surface area contributed by atoms with Crippen LogP contribution in [-0.4, -0.2) is 11.8 Å². The molecule has 2 aliphatic rings. The second-order valence-corrected chi connectivity index (χ2v) is 15.4. The molecule has 0 aliphatic heterocycles. The predicted molar refractivity (Wildman–Crippen MR) is 143 cm³/mol. The van der Waals surface area contributed by atoms with Gasteiger partial charge in [0.25, 0.3) is 0 Å². The molecule has 0 radical (unpaired) electrons. The molecule has 0 aromatic heterocycles. The first-order chi connectivity index (χ1) is 18.6. The van der Waals surface area contributed by atoms with Gasteiger partial charge in [-0.3, -0.25) is 0 Å². The van der Waals surface area contributed by atoms with E-state index < -0.39 is 59.4 Å². The Balaban J connectivity index is 2.21. The topological polar surface area (TPSA) is 58.2 Å². The molecule has 2 aliphatic carbocycles. The third kappa shape index (κ3) is 4.96. The van der Waals surface area contributed by atoms with E-state index in [1.165, 1.54) is 0 Å². The Hall–Kier alpha value is -3.23. The summed E-state index contributed by atoms with van der Waals surface area (Å²) in [5.74, 6) is -4.94. The van der Waals surface area contributed by atoms with Crippen molar-refractivity contribution in [3.05, 3.63) is 90.7 Å². The molecule has 0 saturated heterocycles. The van der Waals surface area contributed by atoms with Crippen LogP contribution < -0.4 is 18.4 Å². The molecule has 4 nitrogen and oxygen atoms in total. The van der Waals surface area contributed by atoms with Gasteiger partial charge in [0.15, 0.2) is 0 Å². The predicted octanol–water partition coefficient (Wildman–Crippen LogP) is 6.51. The monoisotopic (exact) mass is 574 g/mol. The molecule has 2 N–H and O–H groups in total. The number of carbonyl (C=O) groups excluding carboxylic acids is 2. The Labute approximate surface area is 228 Å². The molecule has 0 unspecified atom stereocenters. The number of anilines is 2. The first-order valence-electron chi connectivity index (χ1n) is 12.9. The van der Waals surface area contributed by atoms with Gasteiger partial charge in [-0.05, 0) is 0 Å². The molecular formula is C30H30F4N2O2Ti. The molecule has 2 aromatic carbocycles. The van der Waals surface area contributed by atoms with Gasteiger partial charge in [0, 0.05) is 0 Å². The Morgan fingerprint density at radius 1 is 0.718 bits per heavy atom. The van der Waals surface area contributed by atoms with Crippen LogP contribution in [0.4, 0.5) is 28.9 Å². The van der Waals surface area contributed by atoms with Crippen molar-refractivity contribution in [1.29, 1.82) is 0 Å². The minimum absolute atomic E-state index is 0.0590. The standard InChI is InChI=1S/2C9H8F2NO.2C6H7.Ti/c2*1-2-9(13)12-8-4-3-6(10)5-7(8)11;2*1-6-4-2-3-5-6;/h2*3-4H,2H2,1H3,(H,12,13);2*2,4H,3H2,1H3;. The van der Waals surface area contributed by atoms with E-state index in [0.29, 0.717) is 18.9 Å². The summed E-state index contributed by atoms with van der Waals surface area (Å²) in [6.45, 7) is 6.73. The van der Waals surface area contributed by atoms with Crippen LogP contribution in [0, 0.1) is 23.3 Å². The van der Waals surface area contributed by atoms with Crippen molar-refractivity contribution >= 4 is 30.9 Å². The molecule has 0 heterocycles. The van der Waals surface area contributed by atoms with Gasteiger partial charge in [-0.2, -0.15) is 0 Å². The van der Waals surface area contributed by atoms with E-state index in [2.05, 4.69) is 10.6 Å². The SMILES string of the molecule is CCC(=O)Nc1ccc(F)[c]([Ti]([C]2=C(C)C=CC2)([C]2=C(C)C=CC2)[c]2c(F)ccc(NC(=O)CC)c2F)c1F. The molecule has 39 heavy (non-hydrogen) atoms. The van der Waals surface area contributed by atoms with E-state index in [0.717, 1.165) is 24.3 Å². The number of carbonyl (C=O) groups is 2. The van der Waals surface area contributed by atoms with Crippen LogP contribution in [0.1, 0.15) is 53.4 Å². The summed E-state index contributed by atoms with van der Waals surface area (Å²) in [7, 11) is 0. The Morgan fingerprint density at radius 3 is 1.41 bits per heavy atom. The molecule has 0 atom stereocenters. The second-order valence-electron chi connectivity index (χ2n) is 9.66. The van der Waals surface area contributed by atoms with Gasteiger partial charge in [0.2, 0.25) is 0 Å². The van der Waals surface area contributed by atoms with Crippen LogP contribution in [0.25, 0.3) is 0 Å². The average Bonchev–Trinajstić information content (AvgIpc) is 3.54. The molecule has 0 spiro atoms. The summed E-state index contributed by atoms with van der Waals surface area (Å²) >= 11 is -5.14. The fourth-order valence-electron chi connectivity index (χ4n) is 5.50. The van der Waals surface area contributed by atoms with Gasteiger partial charge in [-0.15, -0.1) is 0 Å². The van der Waals surface area contributed by atoms with Gasteiger partial charge < -0.3 is 0 Å². The number of benzene rings is 2. The van der Waals surface area contributed by atoms with Crippen LogP contribution in [0.15, 0.2) is 67.5 Å². The van der Waals surface area contributed by atoms with Crippen molar-refractivity contribution in [2.75, 3.05) is 10.6 Å². The molecule has 0 fully saturated rings. The number of halogens is 4. The van der Waals surface area contributed by atoms with Crippen LogP contribution in [0.3, 0.4) is 0 Å². The van der Waals surface area contributed by atoms with Crippen LogP contribution in [-0.2, 0) is 26.2 Å². The van der Waals surface area contributed by atoms with Crippen molar-refractivity contribution in [1.82, 2.24) is 0 Å². The number of rotatable bonds is 8. The Kier molecular flexibility index (Phi) is 8.47. The van der Waals surface area contributed by atoms with Crippen molar-refractivity contribution < 1.29 is 43.7 Å². The summed E-state index contributed by atoms with van der Waals surface area (Å²) in [5, 5.41) is 4.94. The van der Waals surface area contributed by atoms with Gasteiger partial charge >= 0.3 is 229 Å². The molecule has 0 saturated carbocycles. The van der Waals surface area contributed by atoms with Crippen molar-refractivity contribution in [2.24, 2.45) is 0 Å². The average molecular weight is 574 g/mol.